The highest BCUT2D eigenvalue weighted by Crippen LogP contribution is 2.40. The van der Waals surface area contributed by atoms with Gasteiger partial charge in [0.15, 0.2) is 6.61 Å². The van der Waals surface area contributed by atoms with Crippen LogP contribution in [-0.4, -0.2) is 33.7 Å². The van der Waals surface area contributed by atoms with Gasteiger partial charge < -0.3 is 10.5 Å². The van der Waals surface area contributed by atoms with Crippen molar-refractivity contribution < 1.29 is 19.1 Å². The third-order valence-electron chi connectivity index (χ3n) is 5.69. The van der Waals surface area contributed by atoms with E-state index in [0.717, 1.165) is 23.8 Å². The number of hydrogen-bond acceptors (Lipinski definition) is 7. The van der Waals surface area contributed by atoms with E-state index in [1.54, 1.807) is 0 Å². The SMILES string of the molecule is CCCn1c(N)c(C(=O)COC(=O)C2CC3CCCC(C2)C3=O)c(=O)[nH]c1=O. The van der Waals surface area contributed by atoms with Gasteiger partial charge in [0.2, 0.25) is 5.78 Å². The van der Waals surface area contributed by atoms with Crippen LogP contribution in [0.25, 0.3) is 0 Å². The number of anilines is 1. The van der Waals surface area contributed by atoms with Gasteiger partial charge in [0, 0.05) is 18.4 Å². The van der Waals surface area contributed by atoms with Crippen LogP contribution in [0.1, 0.15) is 55.8 Å². The number of aromatic nitrogens is 2. The molecule has 0 amide bonds. The molecular formula is C19H25N3O6. The van der Waals surface area contributed by atoms with E-state index in [4.69, 9.17) is 10.5 Å². The van der Waals surface area contributed by atoms with Crippen LogP contribution in [0, 0.1) is 17.8 Å². The Morgan fingerprint density at radius 3 is 2.43 bits per heavy atom. The maximum atomic E-state index is 12.4. The first-order chi connectivity index (χ1) is 13.3. The Morgan fingerprint density at radius 2 is 1.82 bits per heavy atom. The number of nitrogens with two attached hydrogens (primary N) is 1. The fraction of sp³-hybridized carbons (Fsp3) is 0.632. The van der Waals surface area contributed by atoms with Crippen LogP contribution in [-0.2, 0) is 20.9 Å². The third kappa shape index (κ3) is 3.79. The quantitative estimate of drug-likeness (QED) is 0.535. The summed E-state index contributed by atoms with van der Waals surface area (Å²) in [5, 5.41) is 0. The summed E-state index contributed by atoms with van der Waals surface area (Å²) in [5.74, 6) is -1.89. The van der Waals surface area contributed by atoms with Crippen molar-refractivity contribution >= 4 is 23.4 Å². The predicted molar refractivity (Wildman–Crippen MR) is 99.9 cm³/mol. The summed E-state index contributed by atoms with van der Waals surface area (Å²) < 4.78 is 6.26. The van der Waals surface area contributed by atoms with Crippen molar-refractivity contribution in [2.45, 2.75) is 52.0 Å². The second-order valence-electron chi connectivity index (χ2n) is 7.60. The van der Waals surface area contributed by atoms with Crippen LogP contribution < -0.4 is 17.0 Å². The van der Waals surface area contributed by atoms with Crippen molar-refractivity contribution in [3.8, 4) is 0 Å². The van der Waals surface area contributed by atoms with Crippen molar-refractivity contribution in [1.82, 2.24) is 9.55 Å². The Bertz CT molecular complexity index is 899. The Labute approximate surface area is 161 Å². The van der Waals surface area contributed by atoms with E-state index in [1.165, 1.54) is 0 Å². The number of esters is 1. The van der Waals surface area contributed by atoms with Crippen LogP contribution in [0.2, 0.25) is 0 Å². The van der Waals surface area contributed by atoms with Gasteiger partial charge in [0.25, 0.3) is 5.56 Å². The molecule has 2 fully saturated rings. The summed E-state index contributed by atoms with van der Waals surface area (Å²) in [7, 11) is 0. The van der Waals surface area contributed by atoms with Crippen molar-refractivity contribution in [3.05, 3.63) is 26.4 Å². The normalized spacial score (nSPS) is 24.0. The van der Waals surface area contributed by atoms with E-state index < -0.39 is 35.5 Å². The van der Waals surface area contributed by atoms with Gasteiger partial charge in [0.05, 0.1) is 5.92 Å². The van der Waals surface area contributed by atoms with Gasteiger partial charge in [-0.2, -0.15) is 0 Å². The molecule has 0 aliphatic heterocycles. The summed E-state index contributed by atoms with van der Waals surface area (Å²) in [5.41, 5.74) is 3.89. The topological polar surface area (TPSA) is 141 Å². The van der Waals surface area contributed by atoms with Crippen molar-refractivity contribution in [2.75, 3.05) is 12.3 Å². The number of nitrogen functional groups attached to an aromatic ring is 1. The van der Waals surface area contributed by atoms with Crippen LogP contribution in [0.3, 0.4) is 0 Å². The molecule has 2 atom stereocenters. The molecule has 1 aromatic heterocycles. The monoisotopic (exact) mass is 391 g/mol. The lowest BCUT2D eigenvalue weighted by atomic mass is 9.67. The Hall–Kier alpha value is -2.71. The van der Waals surface area contributed by atoms with E-state index in [9.17, 15) is 24.0 Å². The molecule has 0 aromatic carbocycles. The molecule has 3 rings (SSSR count). The fourth-order valence-electron chi connectivity index (χ4n) is 4.30. The molecule has 2 aliphatic carbocycles. The van der Waals surface area contributed by atoms with Gasteiger partial charge in [-0.05, 0) is 32.1 Å². The molecular weight excluding hydrogens is 366 g/mol. The third-order valence-corrected chi connectivity index (χ3v) is 5.69. The molecule has 1 heterocycles. The van der Waals surface area contributed by atoms with E-state index >= 15 is 0 Å². The summed E-state index contributed by atoms with van der Waals surface area (Å²) in [4.78, 5) is 62.9. The summed E-state index contributed by atoms with van der Waals surface area (Å²) in [6, 6.07) is 0. The number of aromatic amines is 1. The lowest BCUT2D eigenvalue weighted by molar-refractivity contribution is -0.152. The number of ketones is 2. The van der Waals surface area contributed by atoms with Gasteiger partial charge in [-0.3, -0.25) is 28.7 Å². The second kappa shape index (κ2) is 8.12. The average molecular weight is 391 g/mol. The molecule has 0 saturated heterocycles. The van der Waals surface area contributed by atoms with E-state index in [-0.39, 0.29) is 35.5 Å². The molecule has 152 valence electrons. The molecule has 9 heteroatoms. The number of carbonyl (C=O) groups excluding carboxylic acids is 3. The van der Waals surface area contributed by atoms with Crippen molar-refractivity contribution in [1.29, 1.82) is 0 Å². The highest BCUT2D eigenvalue weighted by Gasteiger charge is 2.42. The van der Waals surface area contributed by atoms with Gasteiger partial charge in [-0.15, -0.1) is 0 Å². The molecule has 0 spiro atoms. The average Bonchev–Trinajstić information content (AvgIpc) is 2.62. The summed E-state index contributed by atoms with van der Waals surface area (Å²) in [6.07, 6.45) is 4.07. The maximum Gasteiger partial charge on any atom is 0.329 e. The van der Waals surface area contributed by atoms with Crippen LogP contribution in [0.4, 0.5) is 5.82 Å². The fourth-order valence-corrected chi connectivity index (χ4v) is 4.30. The lowest BCUT2D eigenvalue weighted by Gasteiger charge is -2.36. The first kappa shape index (κ1) is 20.0. The number of fused-ring (bicyclic) bond motifs is 2. The first-order valence-corrected chi connectivity index (χ1v) is 9.69. The molecule has 2 saturated carbocycles. The smallest absolute Gasteiger partial charge is 0.329 e. The second-order valence-corrected chi connectivity index (χ2v) is 7.60. The number of carbonyl (C=O) groups is 3. The predicted octanol–water partition coefficient (Wildman–Crippen LogP) is 0.650. The van der Waals surface area contributed by atoms with E-state index in [1.807, 2.05) is 6.92 Å². The highest BCUT2D eigenvalue weighted by molar-refractivity contribution is 6.01. The van der Waals surface area contributed by atoms with Crippen LogP contribution in [0.15, 0.2) is 9.59 Å². The zero-order valence-electron chi connectivity index (χ0n) is 15.9. The number of rotatable bonds is 6. The summed E-state index contributed by atoms with van der Waals surface area (Å²) >= 11 is 0. The maximum absolute atomic E-state index is 12.4. The van der Waals surface area contributed by atoms with Crippen molar-refractivity contribution in [3.63, 3.8) is 0 Å². The molecule has 2 bridgehead atoms. The minimum atomic E-state index is -0.895. The number of H-pyrrole nitrogens is 1. The van der Waals surface area contributed by atoms with Crippen LogP contribution >= 0.6 is 0 Å². The molecule has 0 radical (unpaired) electrons. The lowest BCUT2D eigenvalue weighted by Crippen LogP contribution is -2.40. The standard InChI is InChI=1S/C19H25N3O6/c1-2-6-22-16(20)14(17(25)21-19(22)27)13(23)9-28-18(26)12-7-10-4-3-5-11(8-12)15(10)24/h10-12H,2-9,20H2,1H3,(H,21,25,27). The minimum absolute atomic E-state index is 0.100. The largest absolute Gasteiger partial charge is 0.457 e. The van der Waals surface area contributed by atoms with Crippen LogP contribution in [0.5, 0.6) is 0 Å². The first-order valence-electron chi connectivity index (χ1n) is 9.69. The molecule has 3 N–H and O–H groups in total. The Balaban J connectivity index is 1.68. The number of ether oxygens (including phenoxy) is 1. The van der Waals surface area contributed by atoms with Gasteiger partial charge >= 0.3 is 11.7 Å². The highest BCUT2D eigenvalue weighted by atomic mass is 16.5. The Morgan fingerprint density at radius 1 is 1.18 bits per heavy atom. The van der Waals surface area contributed by atoms with E-state index in [0.29, 0.717) is 19.3 Å². The minimum Gasteiger partial charge on any atom is -0.457 e. The zero-order chi connectivity index (χ0) is 20.4. The molecule has 2 aliphatic rings. The molecule has 28 heavy (non-hydrogen) atoms. The van der Waals surface area contributed by atoms with Crippen molar-refractivity contribution in [2.24, 2.45) is 17.8 Å². The van der Waals surface area contributed by atoms with Gasteiger partial charge in [-0.1, -0.05) is 13.3 Å². The van der Waals surface area contributed by atoms with Gasteiger partial charge in [0.1, 0.15) is 17.2 Å². The Kier molecular flexibility index (Phi) is 5.81. The number of hydrogen-bond donors (Lipinski definition) is 2. The van der Waals surface area contributed by atoms with Gasteiger partial charge in [-0.25, -0.2) is 4.79 Å². The number of nitrogens with one attached hydrogen (secondary N) is 1. The number of nitrogens with zero attached hydrogens (tertiary/aromatic N) is 1. The summed E-state index contributed by atoms with van der Waals surface area (Å²) in [6.45, 7) is 1.45. The molecule has 9 nitrogen and oxygen atoms in total. The zero-order valence-corrected chi connectivity index (χ0v) is 15.9. The van der Waals surface area contributed by atoms with E-state index in [2.05, 4.69) is 4.98 Å². The number of Topliss-reactive ketones (excluding diaryl/α,β-unsaturated/α-hetero) is 2. The molecule has 1 aromatic rings. The molecule has 2 unspecified atom stereocenters.